The van der Waals surface area contributed by atoms with Crippen molar-refractivity contribution in [2.75, 3.05) is 24.5 Å². The molecule has 1 aromatic rings. The van der Waals surface area contributed by atoms with E-state index in [2.05, 4.69) is 34.8 Å². The van der Waals surface area contributed by atoms with Gasteiger partial charge in [0.2, 0.25) is 0 Å². The number of nitriles is 1. The van der Waals surface area contributed by atoms with E-state index >= 15 is 0 Å². The Bertz CT molecular complexity index is 645. The van der Waals surface area contributed by atoms with Crippen LogP contribution in [0.4, 0.5) is 5.69 Å². The van der Waals surface area contributed by atoms with Crippen LogP contribution in [0.1, 0.15) is 25.3 Å². The lowest BCUT2D eigenvalue weighted by molar-refractivity contribution is 0.153. The molecule has 2 aliphatic rings. The van der Waals surface area contributed by atoms with E-state index in [1.165, 1.54) is 5.69 Å². The van der Waals surface area contributed by atoms with Crippen LogP contribution in [0.25, 0.3) is 0 Å². The molecule has 1 unspecified atom stereocenters. The van der Waals surface area contributed by atoms with Crippen LogP contribution in [0.5, 0.6) is 0 Å². The summed E-state index contributed by atoms with van der Waals surface area (Å²) in [6, 6.07) is 11.1. The number of hydrogen-bond acceptors (Lipinski definition) is 3. The van der Waals surface area contributed by atoms with Crippen molar-refractivity contribution in [2.24, 2.45) is 0 Å². The standard InChI is InChI=1S/C19H21N3/c1-3-16-4-9-19(12-16)22-11-10-21(14-15(22)2)18-7-5-17(13-20)6-8-18/h1,5-8,12,15,19H,4,9-11,14H2,2H3/t15-,19?/m1/s1. The molecule has 2 atom stereocenters. The highest BCUT2D eigenvalue weighted by molar-refractivity contribution is 5.50. The van der Waals surface area contributed by atoms with Crippen molar-refractivity contribution < 1.29 is 0 Å². The van der Waals surface area contributed by atoms with Gasteiger partial charge in [-0.15, -0.1) is 6.42 Å². The Morgan fingerprint density at radius 3 is 2.59 bits per heavy atom. The van der Waals surface area contributed by atoms with Crippen LogP contribution in [0.15, 0.2) is 35.9 Å². The predicted octanol–water partition coefficient (Wildman–Crippen LogP) is 2.79. The van der Waals surface area contributed by atoms with E-state index < -0.39 is 0 Å². The maximum Gasteiger partial charge on any atom is 0.0991 e. The zero-order valence-corrected chi connectivity index (χ0v) is 13.0. The molecule has 3 nitrogen and oxygen atoms in total. The van der Waals surface area contributed by atoms with E-state index in [-0.39, 0.29) is 0 Å². The van der Waals surface area contributed by atoms with E-state index in [9.17, 15) is 0 Å². The summed E-state index contributed by atoms with van der Waals surface area (Å²) in [5, 5.41) is 8.89. The van der Waals surface area contributed by atoms with Crippen LogP contribution in [0, 0.1) is 23.7 Å². The maximum atomic E-state index is 8.89. The molecular formula is C19H21N3. The molecule has 0 saturated carbocycles. The third-order valence-corrected chi connectivity index (χ3v) is 4.75. The van der Waals surface area contributed by atoms with E-state index in [4.69, 9.17) is 11.7 Å². The van der Waals surface area contributed by atoms with Gasteiger partial charge in [-0.25, -0.2) is 0 Å². The number of anilines is 1. The Hall–Kier alpha value is -2.23. The second-order valence-electron chi connectivity index (χ2n) is 6.13. The molecule has 1 aliphatic carbocycles. The van der Waals surface area contributed by atoms with Gasteiger partial charge >= 0.3 is 0 Å². The first-order valence-corrected chi connectivity index (χ1v) is 7.89. The van der Waals surface area contributed by atoms with Crippen molar-refractivity contribution in [1.29, 1.82) is 5.26 Å². The Balaban J connectivity index is 1.66. The fourth-order valence-electron chi connectivity index (χ4n) is 3.53. The summed E-state index contributed by atoms with van der Waals surface area (Å²) in [6.07, 6.45) is 9.98. The minimum absolute atomic E-state index is 0.503. The molecule has 0 bridgehead atoms. The van der Waals surface area contributed by atoms with Gasteiger partial charge in [-0.1, -0.05) is 12.0 Å². The van der Waals surface area contributed by atoms with E-state index in [0.29, 0.717) is 17.6 Å². The Kier molecular flexibility index (Phi) is 4.18. The Labute approximate surface area is 132 Å². The molecule has 0 radical (unpaired) electrons. The summed E-state index contributed by atoms with van der Waals surface area (Å²) >= 11 is 0. The lowest BCUT2D eigenvalue weighted by Gasteiger charge is -2.43. The normalized spacial score (nSPS) is 25.4. The third kappa shape index (κ3) is 2.86. The van der Waals surface area contributed by atoms with E-state index in [1.54, 1.807) is 0 Å². The molecule has 1 aliphatic heterocycles. The molecule has 0 amide bonds. The summed E-state index contributed by atoms with van der Waals surface area (Å²) in [6.45, 7) is 5.38. The van der Waals surface area contributed by atoms with Gasteiger partial charge in [0.1, 0.15) is 0 Å². The Morgan fingerprint density at radius 1 is 1.23 bits per heavy atom. The van der Waals surface area contributed by atoms with Gasteiger partial charge in [0.25, 0.3) is 0 Å². The lowest BCUT2D eigenvalue weighted by Crippen LogP contribution is -2.54. The van der Waals surface area contributed by atoms with Crippen LogP contribution in [-0.4, -0.2) is 36.6 Å². The van der Waals surface area contributed by atoms with Crippen LogP contribution in [0.3, 0.4) is 0 Å². The Morgan fingerprint density at radius 2 is 2.00 bits per heavy atom. The van der Waals surface area contributed by atoms with Crippen molar-refractivity contribution >= 4 is 5.69 Å². The average molecular weight is 291 g/mol. The monoisotopic (exact) mass is 291 g/mol. The van der Waals surface area contributed by atoms with Crippen molar-refractivity contribution in [1.82, 2.24) is 4.90 Å². The molecule has 0 spiro atoms. The molecule has 3 rings (SSSR count). The first-order valence-electron chi connectivity index (χ1n) is 7.89. The number of hydrogen-bond donors (Lipinski definition) is 0. The first kappa shape index (κ1) is 14.7. The SMILES string of the molecule is C#CC1=CC(N2CCN(c3ccc(C#N)cc3)C[C@H]2C)CC1. The van der Waals surface area contributed by atoms with Gasteiger partial charge in [-0.3, -0.25) is 4.90 Å². The number of allylic oxidation sites excluding steroid dienone is 1. The zero-order valence-electron chi connectivity index (χ0n) is 13.0. The minimum Gasteiger partial charge on any atom is -0.369 e. The highest BCUT2D eigenvalue weighted by Gasteiger charge is 2.30. The fraction of sp³-hybridized carbons (Fsp3) is 0.421. The number of rotatable bonds is 2. The maximum absolute atomic E-state index is 8.89. The predicted molar refractivity (Wildman–Crippen MR) is 89.5 cm³/mol. The molecule has 0 aromatic heterocycles. The first-order chi connectivity index (χ1) is 10.7. The second kappa shape index (κ2) is 6.26. The van der Waals surface area contributed by atoms with Crippen LogP contribution in [-0.2, 0) is 0 Å². The number of benzene rings is 1. The van der Waals surface area contributed by atoms with Crippen LogP contribution in [0.2, 0.25) is 0 Å². The quantitative estimate of drug-likeness (QED) is 0.785. The number of nitrogens with zero attached hydrogens (tertiary/aromatic N) is 3. The summed E-state index contributed by atoms with van der Waals surface area (Å²) in [7, 11) is 0. The molecule has 3 heteroatoms. The topological polar surface area (TPSA) is 30.3 Å². The summed E-state index contributed by atoms with van der Waals surface area (Å²) in [5.41, 5.74) is 3.08. The highest BCUT2D eigenvalue weighted by atomic mass is 15.3. The van der Waals surface area contributed by atoms with Gasteiger partial charge in [0.05, 0.1) is 11.6 Å². The molecule has 1 saturated heterocycles. The number of piperazine rings is 1. The smallest absolute Gasteiger partial charge is 0.0991 e. The van der Waals surface area contributed by atoms with Crippen molar-refractivity contribution in [3.8, 4) is 18.4 Å². The second-order valence-corrected chi connectivity index (χ2v) is 6.13. The molecule has 1 fully saturated rings. The molecule has 22 heavy (non-hydrogen) atoms. The molecular weight excluding hydrogens is 270 g/mol. The summed E-state index contributed by atoms with van der Waals surface area (Å²) in [5.74, 6) is 2.79. The number of terminal acetylenes is 1. The van der Waals surface area contributed by atoms with E-state index in [0.717, 1.165) is 38.0 Å². The fourth-order valence-corrected chi connectivity index (χ4v) is 3.53. The van der Waals surface area contributed by atoms with Crippen molar-refractivity contribution in [2.45, 2.75) is 31.8 Å². The van der Waals surface area contributed by atoms with Gasteiger partial charge < -0.3 is 4.90 Å². The zero-order chi connectivity index (χ0) is 15.5. The largest absolute Gasteiger partial charge is 0.369 e. The van der Waals surface area contributed by atoms with E-state index in [1.807, 2.05) is 24.3 Å². The molecule has 112 valence electrons. The van der Waals surface area contributed by atoms with Gasteiger partial charge in [-0.05, 0) is 49.6 Å². The molecule has 0 N–H and O–H groups in total. The van der Waals surface area contributed by atoms with Crippen molar-refractivity contribution in [3.63, 3.8) is 0 Å². The highest BCUT2D eigenvalue weighted by Crippen LogP contribution is 2.27. The summed E-state index contributed by atoms with van der Waals surface area (Å²) < 4.78 is 0. The molecule has 1 heterocycles. The van der Waals surface area contributed by atoms with Gasteiger partial charge in [0.15, 0.2) is 0 Å². The van der Waals surface area contributed by atoms with Gasteiger partial charge in [0, 0.05) is 37.4 Å². The van der Waals surface area contributed by atoms with Crippen molar-refractivity contribution in [3.05, 3.63) is 41.5 Å². The van der Waals surface area contributed by atoms with Gasteiger partial charge in [-0.2, -0.15) is 5.26 Å². The summed E-state index contributed by atoms with van der Waals surface area (Å²) in [4.78, 5) is 4.98. The lowest BCUT2D eigenvalue weighted by atomic mass is 10.1. The van der Waals surface area contributed by atoms with Crippen LogP contribution < -0.4 is 4.90 Å². The van der Waals surface area contributed by atoms with Crippen LogP contribution >= 0.6 is 0 Å². The third-order valence-electron chi connectivity index (χ3n) is 4.75. The minimum atomic E-state index is 0.503. The average Bonchev–Trinajstić information content (AvgIpc) is 3.03. The molecule has 1 aromatic carbocycles.